The first-order valence-electron chi connectivity index (χ1n) is 5.51. The molecule has 0 bridgehead atoms. The highest BCUT2D eigenvalue weighted by Gasteiger charge is 2.31. The lowest BCUT2D eigenvalue weighted by Crippen LogP contribution is -2.15. The molecule has 0 aliphatic rings. The highest BCUT2D eigenvalue weighted by atomic mass is 35.5. The van der Waals surface area contributed by atoms with E-state index in [2.05, 4.69) is 9.71 Å². The van der Waals surface area contributed by atoms with E-state index in [1.807, 2.05) is 0 Å². The van der Waals surface area contributed by atoms with Crippen LogP contribution in [0.4, 0.5) is 18.9 Å². The highest BCUT2D eigenvalue weighted by Crippen LogP contribution is 2.31. The first kappa shape index (κ1) is 15.6. The second kappa shape index (κ2) is 5.53. The van der Waals surface area contributed by atoms with Gasteiger partial charge in [-0.15, -0.1) is 0 Å². The topological polar surface area (TPSA) is 59.1 Å². The SMILES string of the molecule is O=S(=O)(Nc1cccnc1Cl)c1cccc(C(F)(F)F)c1. The highest BCUT2D eigenvalue weighted by molar-refractivity contribution is 7.92. The van der Waals surface area contributed by atoms with E-state index in [1.54, 1.807) is 0 Å². The summed E-state index contributed by atoms with van der Waals surface area (Å²) >= 11 is 5.70. The summed E-state index contributed by atoms with van der Waals surface area (Å²) in [6, 6.07) is 6.20. The number of rotatable bonds is 3. The maximum Gasteiger partial charge on any atom is 0.416 e. The maximum absolute atomic E-state index is 12.6. The van der Waals surface area contributed by atoms with Crippen molar-refractivity contribution in [2.75, 3.05) is 4.72 Å². The second-order valence-electron chi connectivity index (χ2n) is 3.97. The molecule has 0 fully saturated rings. The van der Waals surface area contributed by atoms with Gasteiger partial charge in [-0.3, -0.25) is 4.72 Å². The van der Waals surface area contributed by atoms with Gasteiger partial charge in [0.25, 0.3) is 10.0 Å². The normalized spacial score (nSPS) is 12.2. The largest absolute Gasteiger partial charge is 0.416 e. The monoisotopic (exact) mass is 336 g/mol. The predicted molar refractivity (Wildman–Crippen MR) is 71.5 cm³/mol. The Kier molecular flexibility index (Phi) is 4.11. The summed E-state index contributed by atoms with van der Waals surface area (Å²) in [7, 11) is -4.19. The van der Waals surface area contributed by atoms with Crippen LogP contribution in [0.1, 0.15) is 5.56 Å². The number of halogens is 4. The lowest BCUT2D eigenvalue weighted by Gasteiger charge is -2.11. The molecule has 21 heavy (non-hydrogen) atoms. The van der Waals surface area contributed by atoms with Gasteiger partial charge in [0.2, 0.25) is 0 Å². The smallest absolute Gasteiger partial charge is 0.276 e. The van der Waals surface area contributed by atoms with Crippen molar-refractivity contribution >= 4 is 27.3 Å². The van der Waals surface area contributed by atoms with Crippen molar-refractivity contribution in [3.05, 3.63) is 53.3 Å². The number of sulfonamides is 1. The van der Waals surface area contributed by atoms with Crippen LogP contribution in [0.2, 0.25) is 5.15 Å². The number of hydrogen-bond donors (Lipinski definition) is 1. The number of nitrogens with one attached hydrogen (secondary N) is 1. The van der Waals surface area contributed by atoms with Crippen LogP contribution in [-0.2, 0) is 16.2 Å². The summed E-state index contributed by atoms with van der Waals surface area (Å²) in [6.07, 6.45) is -3.28. The number of nitrogens with zero attached hydrogens (tertiary/aromatic N) is 1. The quantitative estimate of drug-likeness (QED) is 0.872. The number of anilines is 1. The van der Waals surface area contributed by atoms with E-state index in [0.717, 1.165) is 18.2 Å². The molecule has 1 heterocycles. The summed E-state index contributed by atoms with van der Waals surface area (Å²) in [5, 5.41) is -0.104. The fraction of sp³-hybridized carbons (Fsp3) is 0.0833. The molecule has 0 atom stereocenters. The fourth-order valence-electron chi connectivity index (χ4n) is 1.51. The van der Waals surface area contributed by atoms with Gasteiger partial charge in [0.05, 0.1) is 16.1 Å². The van der Waals surface area contributed by atoms with Gasteiger partial charge < -0.3 is 0 Å². The summed E-state index contributed by atoms with van der Waals surface area (Å²) in [5.41, 5.74) is -1.07. The van der Waals surface area contributed by atoms with Crippen molar-refractivity contribution in [2.24, 2.45) is 0 Å². The zero-order valence-corrected chi connectivity index (χ0v) is 11.8. The summed E-state index contributed by atoms with van der Waals surface area (Å²) in [5.74, 6) is 0. The molecule has 0 unspecified atom stereocenters. The van der Waals surface area contributed by atoms with Crippen molar-refractivity contribution in [1.29, 1.82) is 0 Å². The molecule has 0 saturated carbocycles. The molecule has 2 rings (SSSR count). The Labute approximate surface area is 123 Å². The van der Waals surface area contributed by atoms with Crippen LogP contribution in [0, 0.1) is 0 Å². The van der Waals surface area contributed by atoms with E-state index in [-0.39, 0.29) is 10.8 Å². The lowest BCUT2D eigenvalue weighted by atomic mass is 10.2. The minimum absolute atomic E-state index is 0.0171. The molecule has 1 N–H and O–H groups in total. The summed E-state index contributed by atoms with van der Waals surface area (Å²) in [4.78, 5) is 3.16. The average Bonchev–Trinajstić information content (AvgIpc) is 2.40. The molecule has 0 saturated heterocycles. The van der Waals surface area contributed by atoms with E-state index >= 15 is 0 Å². The Hall–Kier alpha value is -1.80. The maximum atomic E-state index is 12.6. The Morgan fingerprint density at radius 1 is 1.14 bits per heavy atom. The van der Waals surface area contributed by atoms with E-state index < -0.39 is 26.7 Å². The molecular formula is C12H8ClF3N2O2S. The van der Waals surface area contributed by atoms with Crippen LogP contribution in [-0.4, -0.2) is 13.4 Å². The van der Waals surface area contributed by atoms with E-state index in [4.69, 9.17) is 11.6 Å². The minimum atomic E-state index is -4.63. The molecule has 112 valence electrons. The molecule has 0 aliphatic heterocycles. The number of hydrogen-bond acceptors (Lipinski definition) is 3. The van der Waals surface area contributed by atoms with Crippen LogP contribution >= 0.6 is 11.6 Å². The van der Waals surface area contributed by atoms with Crippen LogP contribution in [0.25, 0.3) is 0 Å². The molecule has 1 aromatic carbocycles. The van der Waals surface area contributed by atoms with Gasteiger partial charge >= 0.3 is 6.18 Å². The Morgan fingerprint density at radius 2 is 1.86 bits per heavy atom. The first-order valence-corrected chi connectivity index (χ1v) is 7.37. The Bertz CT molecular complexity index is 763. The molecule has 4 nitrogen and oxygen atoms in total. The molecular weight excluding hydrogens is 329 g/mol. The van der Waals surface area contributed by atoms with Gasteiger partial charge in [-0.1, -0.05) is 17.7 Å². The molecule has 0 radical (unpaired) electrons. The predicted octanol–water partition coefficient (Wildman–Crippen LogP) is 3.55. The number of pyridine rings is 1. The minimum Gasteiger partial charge on any atom is -0.276 e. The van der Waals surface area contributed by atoms with Crippen molar-refractivity contribution < 1.29 is 21.6 Å². The Morgan fingerprint density at radius 3 is 2.48 bits per heavy atom. The number of aromatic nitrogens is 1. The fourth-order valence-corrected chi connectivity index (χ4v) is 2.84. The van der Waals surface area contributed by atoms with Crippen LogP contribution in [0.5, 0.6) is 0 Å². The van der Waals surface area contributed by atoms with Gasteiger partial charge in [0.1, 0.15) is 0 Å². The van der Waals surface area contributed by atoms with Gasteiger partial charge in [-0.2, -0.15) is 13.2 Å². The Balaban J connectivity index is 2.39. The average molecular weight is 337 g/mol. The summed E-state index contributed by atoms with van der Waals surface area (Å²) in [6.45, 7) is 0. The zero-order chi connectivity index (χ0) is 15.7. The number of benzene rings is 1. The van der Waals surface area contributed by atoms with Crippen LogP contribution in [0.3, 0.4) is 0 Å². The van der Waals surface area contributed by atoms with E-state index in [9.17, 15) is 21.6 Å². The van der Waals surface area contributed by atoms with Crippen molar-refractivity contribution in [3.8, 4) is 0 Å². The van der Waals surface area contributed by atoms with Crippen LogP contribution in [0.15, 0.2) is 47.5 Å². The molecule has 2 aromatic rings. The third-order valence-corrected chi connectivity index (χ3v) is 4.14. The van der Waals surface area contributed by atoms with Crippen molar-refractivity contribution in [1.82, 2.24) is 4.98 Å². The third kappa shape index (κ3) is 3.64. The first-order chi connectivity index (χ1) is 9.70. The third-order valence-electron chi connectivity index (χ3n) is 2.48. The molecule has 0 aliphatic carbocycles. The summed E-state index contributed by atoms with van der Waals surface area (Å²) < 4.78 is 64.0. The zero-order valence-electron chi connectivity index (χ0n) is 10.2. The number of alkyl halides is 3. The molecule has 9 heteroatoms. The molecule has 0 amide bonds. The van der Waals surface area contributed by atoms with Crippen molar-refractivity contribution in [3.63, 3.8) is 0 Å². The molecule has 0 spiro atoms. The standard InChI is InChI=1S/C12H8ClF3N2O2S/c13-11-10(5-2-6-17-11)18-21(19,20)9-4-1-3-8(7-9)12(14,15)16/h1-7,18H. The molecule has 1 aromatic heterocycles. The van der Waals surface area contributed by atoms with Crippen LogP contribution < -0.4 is 4.72 Å². The van der Waals surface area contributed by atoms with Gasteiger partial charge in [0.15, 0.2) is 5.15 Å². The van der Waals surface area contributed by atoms with Gasteiger partial charge in [-0.05, 0) is 30.3 Å². The second-order valence-corrected chi connectivity index (χ2v) is 6.01. The van der Waals surface area contributed by atoms with E-state index in [0.29, 0.717) is 6.07 Å². The van der Waals surface area contributed by atoms with Gasteiger partial charge in [-0.25, -0.2) is 13.4 Å². The van der Waals surface area contributed by atoms with E-state index in [1.165, 1.54) is 18.3 Å². The van der Waals surface area contributed by atoms with Gasteiger partial charge in [0, 0.05) is 6.20 Å². The van der Waals surface area contributed by atoms with Crippen molar-refractivity contribution in [2.45, 2.75) is 11.1 Å². The lowest BCUT2D eigenvalue weighted by molar-refractivity contribution is -0.137.